The molecule has 1 aliphatic heterocycles. The zero-order chi connectivity index (χ0) is 13.0. The summed E-state index contributed by atoms with van der Waals surface area (Å²) in [6.07, 6.45) is 2.06. The van der Waals surface area contributed by atoms with Gasteiger partial charge in [-0.15, -0.1) is 0 Å². The van der Waals surface area contributed by atoms with Crippen LogP contribution in [0.15, 0.2) is 18.2 Å². The molecule has 0 unspecified atom stereocenters. The van der Waals surface area contributed by atoms with Gasteiger partial charge in [-0.3, -0.25) is 0 Å². The molecule has 0 aliphatic carbocycles. The van der Waals surface area contributed by atoms with E-state index >= 15 is 0 Å². The number of thioether (sulfide) groups is 1. The Morgan fingerprint density at radius 2 is 2.17 bits per heavy atom. The molecule has 18 heavy (non-hydrogen) atoms. The van der Waals surface area contributed by atoms with Gasteiger partial charge in [0.15, 0.2) is 0 Å². The highest BCUT2D eigenvalue weighted by Gasteiger charge is 2.15. The molecule has 98 valence electrons. The van der Waals surface area contributed by atoms with E-state index in [1.807, 2.05) is 0 Å². The molecular formula is C13H15FO3S. The first-order valence-corrected chi connectivity index (χ1v) is 6.93. The minimum absolute atomic E-state index is 0.269. The van der Waals surface area contributed by atoms with E-state index in [0.717, 1.165) is 31.6 Å². The zero-order valence-corrected chi connectivity index (χ0v) is 10.7. The molecule has 1 fully saturated rings. The summed E-state index contributed by atoms with van der Waals surface area (Å²) >= 11 is 1.78. The molecular weight excluding hydrogens is 255 g/mol. The van der Waals surface area contributed by atoms with E-state index in [4.69, 9.17) is 9.84 Å². The van der Waals surface area contributed by atoms with Crippen molar-refractivity contribution in [1.82, 2.24) is 0 Å². The lowest BCUT2D eigenvalue weighted by molar-refractivity contribution is 0.0692. The van der Waals surface area contributed by atoms with Gasteiger partial charge in [-0.25, -0.2) is 9.18 Å². The summed E-state index contributed by atoms with van der Waals surface area (Å²) in [5.41, 5.74) is 0.559. The maximum absolute atomic E-state index is 13.5. The number of ether oxygens (including phenoxy) is 1. The first-order valence-electron chi connectivity index (χ1n) is 5.88. The molecule has 0 aromatic heterocycles. The maximum Gasteiger partial charge on any atom is 0.338 e. The molecule has 1 heterocycles. The lowest BCUT2D eigenvalue weighted by atomic mass is 10.1. The number of halogens is 1. The largest absolute Gasteiger partial charge is 0.478 e. The SMILES string of the molecule is O=C(O)c1ccc(CSC2CCOCC2)cc1F. The topological polar surface area (TPSA) is 46.5 Å². The zero-order valence-electron chi connectivity index (χ0n) is 9.89. The van der Waals surface area contributed by atoms with Gasteiger partial charge in [0.25, 0.3) is 0 Å². The van der Waals surface area contributed by atoms with Gasteiger partial charge in [0, 0.05) is 24.2 Å². The van der Waals surface area contributed by atoms with E-state index in [1.165, 1.54) is 12.1 Å². The van der Waals surface area contributed by atoms with E-state index in [-0.39, 0.29) is 5.56 Å². The van der Waals surface area contributed by atoms with Crippen molar-refractivity contribution < 1.29 is 19.0 Å². The number of rotatable bonds is 4. The molecule has 5 heteroatoms. The number of hydrogen-bond donors (Lipinski definition) is 1. The molecule has 0 saturated carbocycles. The van der Waals surface area contributed by atoms with Gasteiger partial charge in [0.2, 0.25) is 0 Å². The highest BCUT2D eigenvalue weighted by atomic mass is 32.2. The lowest BCUT2D eigenvalue weighted by Crippen LogP contribution is -2.17. The van der Waals surface area contributed by atoms with Crippen LogP contribution in [0.3, 0.4) is 0 Å². The third kappa shape index (κ3) is 3.46. The van der Waals surface area contributed by atoms with Crippen molar-refractivity contribution in [2.45, 2.75) is 23.8 Å². The molecule has 1 N–H and O–H groups in total. The van der Waals surface area contributed by atoms with Crippen molar-refractivity contribution in [3.63, 3.8) is 0 Å². The first-order chi connectivity index (χ1) is 8.66. The predicted molar refractivity (Wildman–Crippen MR) is 68.5 cm³/mol. The second-order valence-electron chi connectivity index (χ2n) is 4.24. The smallest absolute Gasteiger partial charge is 0.338 e. The van der Waals surface area contributed by atoms with E-state index in [2.05, 4.69) is 0 Å². The number of carboxylic acid groups (broad SMARTS) is 1. The van der Waals surface area contributed by atoms with Crippen LogP contribution in [0.25, 0.3) is 0 Å². The van der Waals surface area contributed by atoms with Crippen LogP contribution in [0.1, 0.15) is 28.8 Å². The van der Waals surface area contributed by atoms with Crippen LogP contribution in [-0.2, 0) is 10.5 Å². The van der Waals surface area contributed by atoms with Crippen molar-refractivity contribution in [3.05, 3.63) is 35.1 Å². The fourth-order valence-corrected chi connectivity index (χ4v) is 3.01. The van der Waals surface area contributed by atoms with Crippen LogP contribution < -0.4 is 0 Å². The number of aromatic carboxylic acids is 1. The van der Waals surface area contributed by atoms with Gasteiger partial charge in [-0.1, -0.05) is 6.07 Å². The summed E-state index contributed by atoms with van der Waals surface area (Å²) < 4.78 is 18.7. The van der Waals surface area contributed by atoms with Crippen molar-refractivity contribution in [3.8, 4) is 0 Å². The van der Waals surface area contributed by atoms with E-state index in [1.54, 1.807) is 17.8 Å². The number of benzene rings is 1. The Hall–Kier alpha value is -1.07. The van der Waals surface area contributed by atoms with Crippen molar-refractivity contribution >= 4 is 17.7 Å². The summed E-state index contributed by atoms with van der Waals surface area (Å²) in [7, 11) is 0. The Kier molecular flexibility index (Phi) is 4.60. The molecule has 1 aromatic rings. The predicted octanol–water partition coefficient (Wildman–Crippen LogP) is 2.94. The molecule has 0 atom stereocenters. The molecule has 1 aromatic carbocycles. The molecule has 0 radical (unpaired) electrons. The normalized spacial score (nSPS) is 16.7. The Morgan fingerprint density at radius 3 is 2.78 bits per heavy atom. The fraction of sp³-hybridized carbons (Fsp3) is 0.462. The summed E-state index contributed by atoms with van der Waals surface area (Å²) in [6, 6.07) is 4.33. The van der Waals surface area contributed by atoms with Crippen molar-refractivity contribution in [2.24, 2.45) is 0 Å². The fourth-order valence-electron chi connectivity index (χ4n) is 1.88. The van der Waals surface area contributed by atoms with Crippen molar-refractivity contribution in [2.75, 3.05) is 13.2 Å². The van der Waals surface area contributed by atoms with Crippen LogP contribution in [-0.4, -0.2) is 29.5 Å². The van der Waals surface area contributed by atoms with Gasteiger partial charge in [0.1, 0.15) is 5.82 Å². The van der Waals surface area contributed by atoms with Gasteiger partial charge in [0.05, 0.1) is 5.56 Å². The molecule has 2 rings (SSSR count). The standard InChI is InChI=1S/C13H15FO3S/c14-12-7-9(1-2-11(12)13(15)16)8-18-10-3-5-17-6-4-10/h1-2,7,10H,3-6,8H2,(H,15,16). The third-order valence-corrected chi connectivity index (χ3v) is 4.36. The summed E-state index contributed by atoms with van der Waals surface area (Å²) in [5.74, 6) is -1.18. The number of carbonyl (C=O) groups is 1. The van der Waals surface area contributed by atoms with Crippen LogP contribution in [0.5, 0.6) is 0 Å². The minimum Gasteiger partial charge on any atom is -0.478 e. The van der Waals surface area contributed by atoms with Crippen LogP contribution in [0, 0.1) is 5.82 Å². The molecule has 0 amide bonds. The Bertz CT molecular complexity index is 430. The maximum atomic E-state index is 13.5. The quantitative estimate of drug-likeness (QED) is 0.913. The number of hydrogen-bond acceptors (Lipinski definition) is 3. The average molecular weight is 270 g/mol. The summed E-state index contributed by atoms with van der Waals surface area (Å²) in [4.78, 5) is 10.7. The number of carboxylic acids is 1. The Balaban J connectivity index is 1.93. The highest BCUT2D eigenvalue weighted by Crippen LogP contribution is 2.26. The van der Waals surface area contributed by atoms with E-state index in [9.17, 15) is 9.18 Å². The van der Waals surface area contributed by atoms with Crippen molar-refractivity contribution in [1.29, 1.82) is 0 Å². The van der Waals surface area contributed by atoms with E-state index < -0.39 is 11.8 Å². The summed E-state index contributed by atoms with van der Waals surface area (Å²) in [6.45, 7) is 1.59. The monoisotopic (exact) mass is 270 g/mol. The van der Waals surface area contributed by atoms with Gasteiger partial charge in [-0.05, 0) is 30.5 Å². The van der Waals surface area contributed by atoms with Crippen LogP contribution >= 0.6 is 11.8 Å². The second kappa shape index (κ2) is 6.20. The third-order valence-electron chi connectivity index (χ3n) is 2.92. The average Bonchev–Trinajstić information content (AvgIpc) is 2.37. The Morgan fingerprint density at radius 1 is 1.44 bits per heavy atom. The lowest BCUT2D eigenvalue weighted by Gasteiger charge is -2.21. The molecule has 1 aliphatic rings. The van der Waals surface area contributed by atoms with E-state index in [0.29, 0.717) is 11.0 Å². The van der Waals surface area contributed by atoms with Gasteiger partial charge < -0.3 is 9.84 Å². The molecule has 0 spiro atoms. The second-order valence-corrected chi connectivity index (χ2v) is 5.53. The van der Waals surface area contributed by atoms with Gasteiger partial charge in [-0.2, -0.15) is 11.8 Å². The molecule has 0 bridgehead atoms. The molecule has 1 saturated heterocycles. The summed E-state index contributed by atoms with van der Waals surface area (Å²) in [5, 5.41) is 9.29. The van der Waals surface area contributed by atoms with Crippen LogP contribution in [0.4, 0.5) is 4.39 Å². The first kappa shape index (κ1) is 13.4. The van der Waals surface area contributed by atoms with Gasteiger partial charge >= 0.3 is 5.97 Å². The molecule has 3 nitrogen and oxygen atoms in total. The minimum atomic E-state index is -1.23. The Labute approximate surface area is 109 Å². The van der Waals surface area contributed by atoms with Crippen LogP contribution in [0.2, 0.25) is 0 Å². The highest BCUT2D eigenvalue weighted by molar-refractivity contribution is 7.99.